The molecule has 0 saturated carbocycles. The average molecular weight is 300 g/mol. The molecule has 2 rings (SSSR count). The predicted molar refractivity (Wildman–Crippen MR) is 79.5 cm³/mol. The van der Waals surface area contributed by atoms with Gasteiger partial charge in [0.1, 0.15) is 5.82 Å². The first-order chi connectivity index (χ1) is 9.63. The van der Waals surface area contributed by atoms with E-state index in [1.807, 2.05) is 0 Å². The maximum atomic E-state index is 13.5. The van der Waals surface area contributed by atoms with E-state index in [2.05, 4.69) is 11.9 Å². The van der Waals surface area contributed by atoms with Gasteiger partial charge in [-0.15, -0.1) is 0 Å². The van der Waals surface area contributed by atoms with Crippen molar-refractivity contribution in [2.75, 3.05) is 18.9 Å². The maximum Gasteiger partial charge on any atom is 0.201 e. The van der Waals surface area contributed by atoms with E-state index in [0.29, 0.717) is 30.1 Å². The zero-order valence-corrected chi connectivity index (χ0v) is 12.3. The molecule has 6 heteroatoms. The molecule has 0 radical (unpaired) electrons. The summed E-state index contributed by atoms with van der Waals surface area (Å²) >= 11 is 5.74. The molecular formula is C14H19ClFN3O. The molecule has 2 aromatic rings. The molecule has 0 spiro atoms. The first-order valence-electron chi connectivity index (χ1n) is 6.82. The van der Waals surface area contributed by atoms with Gasteiger partial charge in [0.25, 0.3) is 0 Å². The summed E-state index contributed by atoms with van der Waals surface area (Å²) in [6.45, 7) is 4.22. The van der Waals surface area contributed by atoms with Gasteiger partial charge in [0, 0.05) is 25.8 Å². The second-order valence-corrected chi connectivity index (χ2v) is 5.10. The van der Waals surface area contributed by atoms with E-state index in [1.54, 1.807) is 4.57 Å². The van der Waals surface area contributed by atoms with Crippen molar-refractivity contribution in [2.45, 2.75) is 32.7 Å². The number of aryl methyl sites for hydroxylation is 1. The largest absolute Gasteiger partial charge is 0.381 e. The molecule has 0 unspecified atom stereocenters. The number of hydrogen-bond acceptors (Lipinski definition) is 3. The van der Waals surface area contributed by atoms with Crippen LogP contribution in [-0.4, -0.2) is 22.8 Å². The zero-order valence-electron chi connectivity index (χ0n) is 11.5. The van der Waals surface area contributed by atoms with Crippen LogP contribution in [0.4, 0.5) is 10.3 Å². The summed E-state index contributed by atoms with van der Waals surface area (Å²) in [6.07, 6.45) is 3.00. The molecule has 2 N–H and O–H groups in total. The van der Waals surface area contributed by atoms with Gasteiger partial charge in [0.2, 0.25) is 5.95 Å². The fourth-order valence-electron chi connectivity index (χ4n) is 2.05. The SMILES string of the molecule is CCCCOCCCn1c(N)nc2cc(Cl)c(F)cc21. The molecule has 1 heterocycles. The summed E-state index contributed by atoms with van der Waals surface area (Å²) in [7, 11) is 0. The van der Waals surface area contributed by atoms with Crippen molar-refractivity contribution >= 4 is 28.6 Å². The Bertz CT molecular complexity index is 585. The number of unbranched alkanes of at least 4 members (excludes halogenated alkanes) is 1. The molecule has 0 atom stereocenters. The summed E-state index contributed by atoms with van der Waals surface area (Å²) in [5.74, 6) is -0.0882. The van der Waals surface area contributed by atoms with E-state index in [4.69, 9.17) is 22.1 Å². The standard InChI is InChI=1S/C14H19ClFN3O/c1-2-3-6-20-7-4-5-19-13-9-11(16)10(15)8-12(13)18-14(19)17/h8-9H,2-7H2,1H3,(H2,17,18). The van der Waals surface area contributed by atoms with Gasteiger partial charge in [0.15, 0.2) is 0 Å². The number of nitrogens with two attached hydrogens (primary N) is 1. The Hall–Kier alpha value is -1.33. The molecule has 1 aromatic heterocycles. The van der Waals surface area contributed by atoms with Crippen LogP contribution in [0.1, 0.15) is 26.2 Å². The lowest BCUT2D eigenvalue weighted by Crippen LogP contribution is -2.06. The van der Waals surface area contributed by atoms with E-state index >= 15 is 0 Å². The predicted octanol–water partition coefficient (Wildman–Crippen LogP) is 3.62. The van der Waals surface area contributed by atoms with Crippen molar-refractivity contribution in [3.8, 4) is 0 Å². The number of ether oxygens (including phenoxy) is 1. The highest BCUT2D eigenvalue weighted by Gasteiger charge is 2.11. The van der Waals surface area contributed by atoms with Gasteiger partial charge >= 0.3 is 0 Å². The lowest BCUT2D eigenvalue weighted by atomic mass is 10.3. The highest BCUT2D eigenvalue weighted by atomic mass is 35.5. The van der Waals surface area contributed by atoms with Crippen LogP contribution in [0.3, 0.4) is 0 Å². The molecule has 0 fully saturated rings. The third-order valence-electron chi connectivity index (χ3n) is 3.13. The van der Waals surface area contributed by atoms with Crippen LogP contribution in [0.5, 0.6) is 0 Å². The minimum absolute atomic E-state index is 0.0602. The third-order valence-corrected chi connectivity index (χ3v) is 3.42. The monoisotopic (exact) mass is 299 g/mol. The van der Waals surface area contributed by atoms with Gasteiger partial charge in [-0.3, -0.25) is 0 Å². The number of benzene rings is 1. The smallest absolute Gasteiger partial charge is 0.201 e. The Balaban J connectivity index is 2.02. The van der Waals surface area contributed by atoms with Crippen LogP contribution in [-0.2, 0) is 11.3 Å². The number of anilines is 1. The number of hydrogen-bond donors (Lipinski definition) is 1. The van der Waals surface area contributed by atoms with Crippen LogP contribution in [0, 0.1) is 5.82 Å². The van der Waals surface area contributed by atoms with Crippen molar-refractivity contribution < 1.29 is 9.13 Å². The van der Waals surface area contributed by atoms with Crippen molar-refractivity contribution in [3.05, 3.63) is 23.0 Å². The molecule has 0 saturated heterocycles. The number of imidazole rings is 1. The average Bonchev–Trinajstić information content (AvgIpc) is 2.70. The van der Waals surface area contributed by atoms with E-state index < -0.39 is 5.82 Å². The van der Waals surface area contributed by atoms with E-state index in [9.17, 15) is 4.39 Å². The molecule has 20 heavy (non-hydrogen) atoms. The molecule has 4 nitrogen and oxygen atoms in total. The molecule has 1 aromatic carbocycles. The summed E-state index contributed by atoms with van der Waals surface area (Å²) < 4.78 is 20.8. The van der Waals surface area contributed by atoms with Gasteiger partial charge in [-0.25, -0.2) is 9.37 Å². The van der Waals surface area contributed by atoms with Crippen LogP contribution in [0.25, 0.3) is 11.0 Å². The van der Waals surface area contributed by atoms with Crippen molar-refractivity contribution in [3.63, 3.8) is 0 Å². The van der Waals surface area contributed by atoms with Crippen molar-refractivity contribution in [1.29, 1.82) is 0 Å². The van der Waals surface area contributed by atoms with Gasteiger partial charge in [-0.2, -0.15) is 0 Å². The molecule has 0 amide bonds. The molecule has 0 aliphatic rings. The van der Waals surface area contributed by atoms with Crippen LogP contribution in [0.2, 0.25) is 5.02 Å². The first kappa shape index (κ1) is 15.1. The lowest BCUT2D eigenvalue weighted by molar-refractivity contribution is 0.126. The highest BCUT2D eigenvalue weighted by Crippen LogP contribution is 2.24. The molecule has 0 aliphatic heterocycles. The first-order valence-corrected chi connectivity index (χ1v) is 7.19. The van der Waals surface area contributed by atoms with Crippen LogP contribution >= 0.6 is 11.6 Å². The van der Waals surface area contributed by atoms with Gasteiger partial charge < -0.3 is 15.0 Å². The van der Waals surface area contributed by atoms with Crippen LogP contribution < -0.4 is 5.73 Å². The minimum Gasteiger partial charge on any atom is -0.381 e. The molecule has 0 aliphatic carbocycles. The Morgan fingerprint density at radius 1 is 1.35 bits per heavy atom. The summed E-state index contributed by atoms with van der Waals surface area (Å²) in [5.41, 5.74) is 7.14. The Morgan fingerprint density at radius 2 is 2.10 bits per heavy atom. The normalized spacial score (nSPS) is 11.3. The summed E-state index contributed by atoms with van der Waals surface area (Å²) in [5, 5.41) is 0.0602. The van der Waals surface area contributed by atoms with Gasteiger partial charge in [-0.05, 0) is 18.9 Å². The zero-order chi connectivity index (χ0) is 14.5. The Labute approximate surface area is 122 Å². The second kappa shape index (κ2) is 6.90. The number of nitrogens with zero attached hydrogens (tertiary/aromatic N) is 2. The quantitative estimate of drug-likeness (QED) is 0.795. The minimum atomic E-state index is -0.459. The number of fused-ring (bicyclic) bond motifs is 1. The summed E-state index contributed by atoms with van der Waals surface area (Å²) in [4.78, 5) is 4.19. The highest BCUT2D eigenvalue weighted by molar-refractivity contribution is 6.31. The Kier molecular flexibility index (Phi) is 5.20. The second-order valence-electron chi connectivity index (χ2n) is 4.70. The van der Waals surface area contributed by atoms with Crippen LogP contribution in [0.15, 0.2) is 12.1 Å². The van der Waals surface area contributed by atoms with E-state index in [-0.39, 0.29) is 5.02 Å². The van der Waals surface area contributed by atoms with E-state index in [1.165, 1.54) is 12.1 Å². The van der Waals surface area contributed by atoms with E-state index in [0.717, 1.165) is 25.9 Å². The fraction of sp³-hybridized carbons (Fsp3) is 0.500. The number of rotatable bonds is 7. The molecule has 110 valence electrons. The summed E-state index contributed by atoms with van der Waals surface area (Å²) in [6, 6.07) is 2.87. The lowest BCUT2D eigenvalue weighted by Gasteiger charge is -2.07. The van der Waals surface area contributed by atoms with Gasteiger partial charge in [-0.1, -0.05) is 24.9 Å². The fourth-order valence-corrected chi connectivity index (χ4v) is 2.20. The van der Waals surface area contributed by atoms with Crippen molar-refractivity contribution in [2.24, 2.45) is 0 Å². The number of aromatic nitrogens is 2. The number of halogens is 2. The molecular weight excluding hydrogens is 281 g/mol. The maximum absolute atomic E-state index is 13.5. The third kappa shape index (κ3) is 3.41. The number of nitrogen functional groups attached to an aromatic ring is 1. The Morgan fingerprint density at radius 3 is 2.85 bits per heavy atom. The topological polar surface area (TPSA) is 53.1 Å². The van der Waals surface area contributed by atoms with Gasteiger partial charge in [0.05, 0.1) is 16.1 Å². The molecule has 0 bridgehead atoms. The van der Waals surface area contributed by atoms with Crippen molar-refractivity contribution in [1.82, 2.24) is 9.55 Å².